The monoisotopic (exact) mass is 380 g/mol. The molecule has 2 rings (SSSR count). The first-order valence-corrected chi connectivity index (χ1v) is 12.1. The predicted molar refractivity (Wildman–Crippen MR) is 75.8 cm³/mol. The van der Waals surface area contributed by atoms with Gasteiger partial charge in [-0.25, -0.2) is 0 Å². The van der Waals surface area contributed by atoms with Crippen LogP contribution in [0, 0.1) is 13.4 Å². The fraction of sp³-hybridized carbons (Fsp3) is 0.0909. The number of halogens is 2. The van der Waals surface area contributed by atoms with Gasteiger partial charge in [0.15, 0.2) is 0 Å². The molecule has 0 bridgehead atoms. The molecule has 1 aromatic heterocycles. The quantitative estimate of drug-likeness (QED) is 0.649. The maximum absolute atomic E-state index is 3.89. The van der Waals surface area contributed by atoms with Gasteiger partial charge in [0.25, 0.3) is 0 Å². The Morgan fingerprint density at radius 1 is 1.14 bits per heavy atom. The molecule has 2 aromatic rings. The van der Waals surface area contributed by atoms with Gasteiger partial charge in [0.2, 0.25) is 0 Å². The molecule has 0 amide bonds. The molecule has 14 heavy (non-hydrogen) atoms. The fourth-order valence-corrected chi connectivity index (χ4v) is 10.5. The van der Waals surface area contributed by atoms with Gasteiger partial charge in [0.05, 0.1) is 0 Å². The van der Waals surface area contributed by atoms with Crippen LogP contribution in [0.1, 0.15) is 5.56 Å². The first-order chi connectivity index (χ1) is 6.79. The Morgan fingerprint density at radius 3 is 2.43 bits per heavy atom. The molecule has 0 spiro atoms. The van der Waals surface area contributed by atoms with Crippen LogP contribution in [0.3, 0.4) is 0 Å². The van der Waals surface area contributed by atoms with Crippen molar-refractivity contribution in [3.63, 3.8) is 0 Å². The minimum atomic E-state index is -1.26. The molecule has 0 radical (unpaired) electrons. The van der Waals surface area contributed by atoms with E-state index in [1.807, 2.05) is 11.3 Å². The van der Waals surface area contributed by atoms with Gasteiger partial charge in [-0.05, 0) is 0 Å². The molecule has 0 aliphatic heterocycles. The average molecular weight is 381 g/mol. The van der Waals surface area contributed by atoms with E-state index < -0.39 is 17.6 Å². The van der Waals surface area contributed by atoms with Gasteiger partial charge in [-0.2, -0.15) is 0 Å². The van der Waals surface area contributed by atoms with Gasteiger partial charge in [-0.1, -0.05) is 0 Å². The SMILES string of the molecule is Cc1ccsc1I(Br)c1ccccc1. The molecule has 0 aliphatic rings. The third-order valence-electron chi connectivity index (χ3n) is 1.87. The molecular formula is C11H10BrIS. The zero-order valence-electron chi connectivity index (χ0n) is 7.71. The van der Waals surface area contributed by atoms with Gasteiger partial charge in [-0.3, -0.25) is 0 Å². The van der Waals surface area contributed by atoms with Crippen molar-refractivity contribution in [2.24, 2.45) is 0 Å². The molecule has 0 fully saturated rings. The summed E-state index contributed by atoms with van der Waals surface area (Å²) in [7, 11) is 0. The van der Waals surface area contributed by atoms with Gasteiger partial charge < -0.3 is 0 Å². The number of hydrogen-bond acceptors (Lipinski definition) is 1. The second-order valence-electron chi connectivity index (χ2n) is 2.91. The summed E-state index contributed by atoms with van der Waals surface area (Å²) in [4.78, 5) is 0. The van der Waals surface area contributed by atoms with Crippen molar-refractivity contribution < 1.29 is 0 Å². The standard InChI is InChI=1S/C11H10BrIS/c1-9-7-8-14-11(9)13(12)10-5-3-2-4-6-10/h2-8H,1H3. The molecule has 1 aromatic carbocycles. The minimum absolute atomic E-state index is 1.26. The Kier molecular flexibility index (Phi) is 3.62. The molecule has 0 nitrogen and oxygen atoms in total. The Morgan fingerprint density at radius 2 is 1.86 bits per heavy atom. The average Bonchev–Trinajstić information content (AvgIpc) is 2.65. The van der Waals surface area contributed by atoms with Crippen molar-refractivity contribution in [3.8, 4) is 0 Å². The number of rotatable bonds is 2. The van der Waals surface area contributed by atoms with Crippen molar-refractivity contribution >= 4 is 41.6 Å². The van der Waals surface area contributed by atoms with Crippen LogP contribution in [0.5, 0.6) is 0 Å². The Hall–Kier alpha value is 0.130. The molecule has 3 heteroatoms. The van der Waals surface area contributed by atoms with E-state index in [9.17, 15) is 0 Å². The fourth-order valence-electron chi connectivity index (χ4n) is 1.15. The molecule has 0 unspecified atom stereocenters. The molecule has 0 N–H and O–H groups in total. The van der Waals surface area contributed by atoms with E-state index in [0.717, 1.165) is 0 Å². The summed E-state index contributed by atoms with van der Waals surface area (Å²) in [6.07, 6.45) is 0. The summed E-state index contributed by atoms with van der Waals surface area (Å²) in [5, 5.41) is 2.18. The first kappa shape index (κ1) is 10.6. The van der Waals surface area contributed by atoms with E-state index in [2.05, 4.69) is 61.4 Å². The molecule has 0 aliphatic carbocycles. The molecule has 1 heterocycles. The van der Waals surface area contributed by atoms with Crippen LogP contribution in [-0.4, -0.2) is 0 Å². The van der Waals surface area contributed by atoms with Crippen molar-refractivity contribution in [1.29, 1.82) is 0 Å². The van der Waals surface area contributed by atoms with Crippen molar-refractivity contribution in [1.82, 2.24) is 0 Å². The summed E-state index contributed by atoms with van der Waals surface area (Å²) in [5.41, 5.74) is 1.43. The first-order valence-electron chi connectivity index (χ1n) is 4.24. The Balaban J connectivity index is 2.34. The van der Waals surface area contributed by atoms with Crippen LogP contribution in [0.25, 0.3) is 0 Å². The van der Waals surface area contributed by atoms with Gasteiger partial charge in [-0.15, -0.1) is 0 Å². The second-order valence-corrected chi connectivity index (χ2v) is 12.3. The number of aryl methyl sites for hydroxylation is 1. The van der Waals surface area contributed by atoms with Crippen LogP contribution in [0.15, 0.2) is 41.8 Å². The molecule has 74 valence electrons. The molecule has 0 saturated heterocycles. The summed E-state index contributed by atoms with van der Waals surface area (Å²) in [6.45, 7) is 2.19. The summed E-state index contributed by atoms with van der Waals surface area (Å²) < 4.78 is 3.03. The van der Waals surface area contributed by atoms with E-state index in [1.54, 1.807) is 2.88 Å². The summed E-state index contributed by atoms with van der Waals surface area (Å²) in [5.74, 6) is 0. The van der Waals surface area contributed by atoms with Crippen LogP contribution in [-0.2, 0) is 0 Å². The maximum atomic E-state index is 3.89. The normalized spacial score (nSPS) is 11.4. The van der Waals surface area contributed by atoms with Gasteiger partial charge in [0, 0.05) is 0 Å². The topological polar surface area (TPSA) is 0 Å². The van der Waals surface area contributed by atoms with E-state index >= 15 is 0 Å². The second kappa shape index (κ2) is 4.77. The summed E-state index contributed by atoms with van der Waals surface area (Å²) in [6, 6.07) is 12.9. The van der Waals surface area contributed by atoms with Crippen LogP contribution < -0.4 is 0 Å². The Labute approximate surface area is 101 Å². The third-order valence-corrected chi connectivity index (χ3v) is 13.7. The molecule has 0 saturated carbocycles. The predicted octanol–water partition coefficient (Wildman–Crippen LogP) is 4.91. The third kappa shape index (κ3) is 2.20. The van der Waals surface area contributed by atoms with Crippen molar-refractivity contribution in [3.05, 3.63) is 53.8 Å². The molecule has 0 atom stereocenters. The van der Waals surface area contributed by atoms with E-state index in [1.165, 1.54) is 9.13 Å². The zero-order valence-corrected chi connectivity index (χ0v) is 12.3. The van der Waals surface area contributed by atoms with Crippen molar-refractivity contribution in [2.75, 3.05) is 0 Å². The van der Waals surface area contributed by atoms with Crippen molar-refractivity contribution in [2.45, 2.75) is 6.92 Å². The summed E-state index contributed by atoms with van der Waals surface area (Å²) >= 11 is 4.51. The zero-order chi connectivity index (χ0) is 9.97. The Bertz CT molecular complexity index is 410. The van der Waals surface area contributed by atoms with Gasteiger partial charge >= 0.3 is 102 Å². The number of hydrogen-bond donors (Lipinski definition) is 0. The van der Waals surface area contributed by atoms with Crippen LogP contribution in [0.4, 0.5) is 0 Å². The van der Waals surface area contributed by atoms with E-state index in [-0.39, 0.29) is 0 Å². The van der Waals surface area contributed by atoms with Crippen LogP contribution >= 0.6 is 41.6 Å². The van der Waals surface area contributed by atoms with E-state index in [0.29, 0.717) is 0 Å². The number of benzene rings is 1. The number of thiophene rings is 1. The van der Waals surface area contributed by atoms with Crippen LogP contribution in [0.2, 0.25) is 0 Å². The van der Waals surface area contributed by atoms with Gasteiger partial charge in [0.1, 0.15) is 0 Å². The molecular weight excluding hydrogens is 371 g/mol. The van der Waals surface area contributed by atoms with E-state index in [4.69, 9.17) is 0 Å².